The smallest absolute Gasteiger partial charge is 0.0696 e. The molecular formula is C35H70N6. The number of nitrogens with one attached hydrogen (secondary N) is 1. The summed E-state index contributed by atoms with van der Waals surface area (Å²) >= 11 is 0. The van der Waals surface area contributed by atoms with Crippen LogP contribution >= 0.6 is 0 Å². The van der Waals surface area contributed by atoms with Crippen molar-refractivity contribution >= 4 is 5.52 Å². The Morgan fingerprint density at radius 2 is 1.27 bits per heavy atom. The largest absolute Gasteiger partial charge is 0.285 e. The number of aromatic amines is 1. The Morgan fingerprint density at radius 3 is 1.73 bits per heavy atom. The van der Waals surface area contributed by atoms with E-state index < -0.39 is 0 Å². The van der Waals surface area contributed by atoms with Crippen LogP contribution in [0.3, 0.4) is 0 Å². The average molecular weight is 575 g/mol. The lowest BCUT2D eigenvalue weighted by Crippen LogP contribution is -1.95. The lowest BCUT2D eigenvalue weighted by molar-refractivity contribution is 0.656. The molecule has 41 heavy (non-hydrogen) atoms. The molecule has 4 aromatic heterocycles. The zero-order chi connectivity index (χ0) is 28.4. The number of hydrogen-bond acceptors (Lipinski definition) is 3. The molecule has 0 unspecified atom stereocenters. The molecule has 5 rings (SSSR count). The van der Waals surface area contributed by atoms with Crippen molar-refractivity contribution in [3.8, 4) is 0 Å². The summed E-state index contributed by atoms with van der Waals surface area (Å²) in [5.74, 6) is 1.77. The van der Waals surface area contributed by atoms with E-state index >= 15 is 0 Å². The molecule has 0 spiro atoms. The van der Waals surface area contributed by atoms with Gasteiger partial charge in [0, 0.05) is 30.2 Å². The van der Waals surface area contributed by atoms with Crippen LogP contribution in [0.1, 0.15) is 159 Å². The van der Waals surface area contributed by atoms with Gasteiger partial charge in [-0.05, 0) is 53.9 Å². The van der Waals surface area contributed by atoms with Crippen molar-refractivity contribution in [1.82, 2.24) is 29.6 Å². The summed E-state index contributed by atoms with van der Waals surface area (Å²) in [5.41, 5.74) is 6.72. The molecule has 0 aromatic carbocycles. The Balaban J connectivity index is -0.000000140. The van der Waals surface area contributed by atoms with Gasteiger partial charge < -0.3 is 0 Å². The number of pyridine rings is 1. The zero-order valence-corrected chi connectivity index (χ0v) is 25.7. The van der Waals surface area contributed by atoms with Crippen molar-refractivity contribution in [2.45, 2.75) is 150 Å². The fourth-order valence-electron chi connectivity index (χ4n) is 3.75. The van der Waals surface area contributed by atoms with Gasteiger partial charge in [-0.1, -0.05) is 119 Å². The molecule has 6 nitrogen and oxygen atoms in total. The third-order valence-electron chi connectivity index (χ3n) is 5.65. The first-order valence-corrected chi connectivity index (χ1v) is 14.3. The van der Waals surface area contributed by atoms with Crippen molar-refractivity contribution in [2.24, 2.45) is 0 Å². The summed E-state index contributed by atoms with van der Waals surface area (Å²) in [6.45, 7) is 26.2. The van der Waals surface area contributed by atoms with Gasteiger partial charge in [-0.15, -0.1) is 0 Å². The van der Waals surface area contributed by atoms with Crippen LogP contribution in [0.15, 0.2) is 49.2 Å². The van der Waals surface area contributed by atoms with Crippen molar-refractivity contribution < 1.29 is 0 Å². The highest BCUT2D eigenvalue weighted by Crippen LogP contribution is 2.24. The maximum atomic E-state index is 4.33. The van der Waals surface area contributed by atoms with E-state index in [0.29, 0.717) is 17.8 Å². The molecule has 4 aromatic rings. The third-order valence-corrected chi connectivity index (χ3v) is 5.65. The molecule has 1 aliphatic heterocycles. The Kier molecular flexibility index (Phi) is 31.9. The summed E-state index contributed by atoms with van der Waals surface area (Å²) in [6, 6.07) is 6.13. The van der Waals surface area contributed by atoms with E-state index in [4.69, 9.17) is 0 Å². The molecule has 0 bridgehead atoms. The van der Waals surface area contributed by atoms with Crippen LogP contribution in [0, 0.1) is 0 Å². The van der Waals surface area contributed by atoms with Gasteiger partial charge >= 0.3 is 0 Å². The van der Waals surface area contributed by atoms with E-state index in [1.807, 2.05) is 89.2 Å². The summed E-state index contributed by atoms with van der Waals surface area (Å²) in [7, 11) is 0. The number of aryl methyl sites for hydroxylation is 1. The van der Waals surface area contributed by atoms with Crippen molar-refractivity contribution in [3.63, 3.8) is 0 Å². The SMILES string of the molecule is C.C.C.C.CC.CC.CC.CC(C)c1cn[nH]c1.CC(C)c1cnn2c1CCC2.CC(C)c1cnn2ccccc12. The first-order chi connectivity index (χ1) is 17.9. The normalized spacial score (nSPS) is 10.0. The maximum absolute atomic E-state index is 4.33. The quantitative estimate of drug-likeness (QED) is 0.265. The van der Waals surface area contributed by atoms with Gasteiger partial charge in [-0.3, -0.25) is 9.78 Å². The van der Waals surface area contributed by atoms with Crippen LogP contribution in [-0.4, -0.2) is 29.6 Å². The Bertz CT molecular complexity index is 1060. The summed E-state index contributed by atoms with van der Waals surface area (Å²) in [4.78, 5) is 0. The third kappa shape index (κ3) is 15.1. The van der Waals surface area contributed by atoms with Crippen LogP contribution < -0.4 is 0 Å². The molecule has 1 N–H and O–H groups in total. The summed E-state index contributed by atoms with van der Waals surface area (Å²) in [6.07, 6.45) is 12.2. The minimum Gasteiger partial charge on any atom is -0.285 e. The molecule has 1 aliphatic rings. The van der Waals surface area contributed by atoms with E-state index in [0.717, 1.165) is 6.54 Å². The topological polar surface area (TPSA) is 63.8 Å². The van der Waals surface area contributed by atoms with Gasteiger partial charge in [0.05, 0.1) is 24.1 Å². The van der Waals surface area contributed by atoms with Gasteiger partial charge in [-0.25, -0.2) is 4.52 Å². The zero-order valence-electron chi connectivity index (χ0n) is 25.7. The fraction of sp³-hybridized carbons (Fsp3) is 0.629. The highest BCUT2D eigenvalue weighted by Gasteiger charge is 2.17. The molecule has 0 amide bonds. The monoisotopic (exact) mass is 575 g/mol. The van der Waals surface area contributed by atoms with Crippen LogP contribution in [-0.2, 0) is 13.0 Å². The highest BCUT2D eigenvalue weighted by molar-refractivity contribution is 5.54. The predicted octanol–water partition coefficient (Wildman–Crippen LogP) is 11.6. The number of aromatic nitrogens is 6. The number of nitrogens with zero attached hydrogens (tertiary/aromatic N) is 5. The molecule has 6 heteroatoms. The van der Waals surface area contributed by atoms with Gasteiger partial charge in [-0.2, -0.15) is 15.3 Å². The number of fused-ring (bicyclic) bond motifs is 2. The van der Waals surface area contributed by atoms with Gasteiger partial charge in [0.15, 0.2) is 0 Å². The Hall–Kier alpha value is -2.89. The maximum Gasteiger partial charge on any atom is 0.0696 e. The van der Waals surface area contributed by atoms with Crippen molar-refractivity contribution in [3.05, 3.63) is 71.6 Å². The molecule has 0 saturated carbocycles. The summed E-state index contributed by atoms with van der Waals surface area (Å²) in [5, 5.41) is 15.2. The molecular weight excluding hydrogens is 504 g/mol. The van der Waals surface area contributed by atoms with Crippen LogP contribution in [0.2, 0.25) is 0 Å². The molecule has 5 heterocycles. The first kappa shape index (κ1) is 47.9. The second-order valence-corrected chi connectivity index (χ2v) is 9.00. The van der Waals surface area contributed by atoms with E-state index in [-0.39, 0.29) is 29.7 Å². The van der Waals surface area contributed by atoms with Crippen molar-refractivity contribution in [1.29, 1.82) is 0 Å². The first-order valence-electron chi connectivity index (χ1n) is 14.3. The summed E-state index contributed by atoms with van der Waals surface area (Å²) < 4.78 is 4.06. The minimum atomic E-state index is 0. The second kappa shape index (κ2) is 27.3. The predicted molar refractivity (Wildman–Crippen MR) is 188 cm³/mol. The van der Waals surface area contributed by atoms with Gasteiger partial charge in [0.25, 0.3) is 0 Å². The standard InChI is InChI=1S/C10H12N2.C9H14N2.C6H10N2.3C2H6.4CH4/c1-8(2)9-7-11-12-6-4-3-5-10(9)12;1-7(2)8-6-10-11-5-3-4-9(8)11;1-5(2)6-3-7-8-4-6;3*1-2;;;;/h3-8H,1-2H3;6-7H,3-5H2,1-2H3;3-5H,1-2H3,(H,7,8);3*1-2H3;4*1H4. The Morgan fingerprint density at radius 1 is 0.707 bits per heavy atom. The molecule has 0 fully saturated rings. The lowest BCUT2D eigenvalue weighted by Gasteiger charge is -2.02. The van der Waals surface area contributed by atoms with E-state index in [9.17, 15) is 0 Å². The van der Waals surface area contributed by atoms with Crippen molar-refractivity contribution in [2.75, 3.05) is 0 Å². The molecule has 0 radical (unpaired) electrons. The number of hydrogen-bond donors (Lipinski definition) is 1. The lowest BCUT2D eigenvalue weighted by atomic mass is 10.0. The second-order valence-electron chi connectivity index (χ2n) is 9.00. The van der Waals surface area contributed by atoms with Gasteiger partial charge in [0.2, 0.25) is 0 Å². The highest BCUT2D eigenvalue weighted by atomic mass is 15.3. The Labute approximate surface area is 256 Å². The minimum absolute atomic E-state index is 0. The molecule has 0 aliphatic carbocycles. The van der Waals surface area contributed by atoms with E-state index in [1.165, 1.54) is 40.7 Å². The van der Waals surface area contributed by atoms with Crippen LogP contribution in [0.4, 0.5) is 0 Å². The molecule has 0 atom stereocenters. The van der Waals surface area contributed by atoms with E-state index in [2.05, 4.69) is 72.7 Å². The fourth-order valence-corrected chi connectivity index (χ4v) is 3.75. The van der Waals surface area contributed by atoms with Crippen LogP contribution in [0.25, 0.3) is 5.52 Å². The number of H-pyrrole nitrogens is 1. The van der Waals surface area contributed by atoms with E-state index in [1.54, 1.807) is 0 Å². The van der Waals surface area contributed by atoms with Gasteiger partial charge in [0.1, 0.15) is 0 Å². The molecule has 240 valence electrons. The number of rotatable bonds is 3. The average Bonchev–Trinajstić information content (AvgIpc) is 3.72. The molecule has 0 saturated heterocycles. The van der Waals surface area contributed by atoms with Crippen LogP contribution in [0.5, 0.6) is 0 Å².